The van der Waals surface area contributed by atoms with Gasteiger partial charge in [0, 0.05) is 12.7 Å². The number of halogens is 1. The number of aryl methyl sites for hydroxylation is 1. The Morgan fingerprint density at radius 1 is 1.18 bits per heavy atom. The van der Waals surface area contributed by atoms with E-state index < -0.39 is 5.41 Å². The maximum atomic E-state index is 13.4. The van der Waals surface area contributed by atoms with Gasteiger partial charge in [-0.05, 0) is 43.5 Å². The molecule has 1 aromatic heterocycles. The van der Waals surface area contributed by atoms with Crippen molar-refractivity contribution in [2.45, 2.75) is 44.4 Å². The van der Waals surface area contributed by atoms with Crippen molar-refractivity contribution < 1.29 is 18.7 Å². The van der Waals surface area contributed by atoms with Crippen LogP contribution in [0, 0.1) is 12.7 Å². The van der Waals surface area contributed by atoms with Crippen LogP contribution in [-0.2, 0) is 14.9 Å². The van der Waals surface area contributed by atoms with Crippen molar-refractivity contribution in [3.63, 3.8) is 0 Å². The molecule has 1 aliphatic rings. The molecule has 6 heteroatoms. The average Bonchev–Trinajstić information content (AvgIpc) is 2.71. The number of methoxy groups -OCH3 is 1. The van der Waals surface area contributed by atoms with E-state index >= 15 is 0 Å². The Labute approximate surface area is 165 Å². The lowest BCUT2D eigenvalue weighted by molar-refractivity contribution is -0.122. The summed E-state index contributed by atoms with van der Waals surface area (Å²) in [6, 6.07) is 8.18. The van der Waals surface area contributed by atoms with Gasteiger partial charge in [-0.15, -0.1) is 0 Å². The van der Waals surface area contributed by atoms with Crippen molar-refractivity contribution in [3.8, 4) is 5.88 Å². The van der Waals surface area contributed by atoms with Gasteiger partial charge in [-0.2, -0.15) is 0 Å². The largest absolute Gasteiger partial charge is 0.475 e. The number of anilines is 1. The van der Waals surface area contributed by atoms with E-state index in [-0.39, 0.29) is 11.7 Å². The molecule has 2 aromatic rings. The molecule has 1 N–H and O–H groups in total. The standard InChI is InChI=1S/C22H27FN2O3/c1-16-14-19(15-24-20(16)28-13-12-27-2)25-21(26)22(10-4-3-5-11-22)17-6-8-18(23)9-7-17/h6-9,14-15H,3-5,10-13H2,1-2H3,(H,25,26). The molecule has 0 atom stereocenters. The smallest absolute Gasteiger partial charge is 0.235 e. The van der Waals surface area contributed by atoms with Gasteiger partial charge in [0.2, 0.25) is 11.8 Å². The van der Waals surface area contributed by atoms with Crippen LogP contribution in [0.25, 0.3) is 0 Å². The van der Waals surface area contributed by atoms with Crippen molar-refractivity contribution in [1.29, 1.82) is 0 Å². The van der Waals surface area contributed by atoms with Gasteiger partial charge in [-0.25, -0.2) is 9.37 Å². The zero-order chi connectivity index (χ0) is 20.0. The third kappa shape index (κ3) is 4.50. The van der Waals surface area contributed by atoms with Crippen molar-refractivity contribution in [2.75, 3.05) is 25.6 Å². The van der Waals surface area contributed by atoms with Crippen LogP contribution < -0.4 is 10.1 Å². The highest BCUT2D eigenvalue weighted by Gasteiger charge is 2.41. The van der Waals surface area contributed by atoms with E-state index in [0.29, 0.717) is 24.8 Å². The second kappa shape index (κ2) is 9.15. The van der Waals surface area contributed by atoms with Gasteiger partial charge in [0.15, 0.2) is 0 Å². The van der Waals surface area contributed by atoms with Crippen LogP contribution >= 0.6 is 0 Å². The normalized spacial score (nSPS) is 15.8. The molecule has 0 radical (unpaired) electrons. The Morgan fingerprint density at radius 2 is 1.89 bits per heavy atom. The second-order valence-electron chi connectivity index (χ2n) is 7.29. The summed E-state index contributed by atoms with van der Waals surface area (Å²) in [5.41, 5.74) is 1.71. The van der Waals surface area contributed by atoms with Crippen LogP contribution in [0.4, 0.5) is 10.1 Å². The molecule has 0 bridgehead atoms. The molecule has 5 nitrogen and oxygen atoms in total. The lowest BCUT2D eigenvalue weighted by Crippen LogP contribution is -2.42. The minimum Gasteiger partial charge on any atom is -0.475 e. The summed E-state index contributed by atoms with van der Waals surface area (Å²) in [5.74, 6) is 0.174. The highest BCUT2D eigenvalue weighted by atomic mass is 19.1. The summed E-state index contributed by atoms with van der Waals surface area (Å²) < 4.78 is 23.9. The van der Waals surface area contributed by atoms with Gasteiger partial charge in [-0.1, -0.05) is 31.4 Å². The molecular formula is C22H27FN2O3. The van der Waals surface area contributed by atoms with Gasteiger partial charge in [-0.3, -0.25) is 4.79 Å². The minimum absolute atomic E-state index is 0.0620. The highest BCUT2D eigenvalue weighted by Crippen LogP contribution is 2.40. The molecule has 0 saturated heterocycles. The number of pyridine rings is 1. The van der Waals surface area contributed by atoms with Gasteiger partial charge in [0.25, 0.3) is 0 Å². The lowest BCUT2D eigenvalue weighted by atomic mass is 9.68. The monoisotopic (exact) mass is 386 g/mol. The Morgan fingerprint density at radius 3 is 2.54 bits per heavy atom. The molecule has 0 aliphatic heterocycles. The highest BCUT2D eigenvalue weighted by molar-refractivity contribution is 5.99. The van der Waals surface area contributed by atoms with Crippen LogP contribution in [0.5, 0.6) is 5.88 Å². The first-order valence-electron chi connectivity index (χ1n) is 9.71. The van der Waals surface area contributed by atoms with Crippen LogP contribution in [0.1, 0.15) is 43.2 Å². The second-order valence-corrected chi connectivity index (χ2v) is 7.29. The first kappa shape index (κ1) is 20.3. The first-order valence-corrected chi connectivity index (χ1v) is 9.71. The third-order valence-electron chi connectivity index (χ3n) is 5.35. The average molecular weight is 386 g/mol. The Hall–Kier alpha value is -2.47. The van der Waals surface area contributed by atoms with E-state index in [4.69, 9.17) is 9.47 Å². The number of amides is 1. The molecule has 1 saturated carbocycles. The summed E-state index contributed by atoms with van der Waals surface area (Å²) in [7, 11) is 1.62. The van der Waals surface area contributed by atoms with E-state index in [1.54, 1.807) is 25.4 Å². The molecule has 1 fully saturated rings. The summed E-state index contributed by atoms with van der Waals surface area (Å²) in [6.45, 7) is 2.80. The zero-order valence-corrected chi connectivity index (χ0v) is 16.5. The lowest BCUT2D eigenvalue weighted by Gasteiger charge is -2.36. The van der Waals surface area contributed by atoms with E-state index in [0.717, 1.165) is 43.2 Å². The summed E-state index contributed by atoms with van der Waals surface area (Å²) in [6.07, 6.45) is 6.20. The van der Waals surface area contributed by atoms with Gasteiger partial charge in [0.1, 0.15) is 12.4 Å². The number of carbonyl (C=O) groups is 1. The predicted octanol–water partition coefficient (Wildman–Crippen LogP) is 4.39. The molecule has 1 heterocycles. The minimum atomic E-state index is -0.631. The molecule has 28 heavy (non-hydrogen) atoms. The molecule has 1 amide bonds. The van der Waals surface area contributed by atoms with Gasteiger partial charge in [0.05, 0.1) is 23.9 Å². The summed E-state index contributed by atoms with van der Waals surface area (Å²) >= 11 is 0. The Balaban J connectivity index is 1.79. The van der Waals surface area contributed by atoms with E-state index in [2.05, 4.69) is 10.3 Å². The van der Waals surface area contributed by atoms with Crippen LogP contribution in [0.3, 0.4) is 0 Å². The quantitative estimate of drug-likeness (QED) is 0.717. The fraction of sp³-hybridized carbons (Fsp3) is 0.455. The Kier molecular flexibility index (Phi) is 6.62. The fourth-order valence-corrected chi connectivity index (χ4v) is 3.83. The predicted molar refractivity (Wildman–Crippen MR) is 106 cm³/mol. The number of hydrogen-bond donors (Lipinski definition) is 1. The summed E-state index contributed by atoms with van der Waals surface area (Å²) in [4.78, 5) is 17.6. The van der Waals surface area contributed by atoms with Crippen LogP contribution in [0.2, 0.25) is 0 Å². The molecule has 0 unspecified atom stereocenters. The van der Waals surface area contributed by atoms with Crippen molar-refractivity contribution in [3.05, 3.63) is 53.5 Å². The van der Waals surface area contributed by atoms with E-state index in [9.17, 15) is 9.18 Å². The first-order chi connectivity index (χ1) is 13.5. The molecule has 3 rings (SSSR count). The van der Waals surface area contributed by atoms with E-state index in [1.165, 1.54) is 12.1 Å². The molecule has 150 valence electrons. The SMILES string of the molecule is COCCOc1ncc(NC(=O)C2(c3ccc(F)cc3)CCCCC2)cc1C. The van der Waals surface area contributed by atoms with Crippen molar-refractivity contribution in [1.82, 2.24) is 4.98 Å². The number of rotatable bonds is 7. The Bertz CT molecular complexity index is 802. The zero-order valence-electron chi connectivity index (χ0n) is 16.5. The molecular weight excluding hydrogens is 359 g/mol. The maximum Gasteiger partial charge on any atom is 0.235 e. The number of hydrogen-bond acceptors (Lipinski definition) is 4. The maximum absolute atomic E-state index is 13.4. The van der Waals surface area contributed by atoms with Crippen molar-refractivity contribution >= 4 is 11.6 Å². The number of nitrogens with one attached hydrogen (secondary N) is 1. The number of benzene rings is 1. The van der Waals surface area contributed by atoms with Crippen LogP contribution in [-0.4, -0.2) is 31.2 Å². The molecule has 0 spiro atoms. The number of nitrogens with zero attached hydrogens (tertiary/aromatic N) is 1. The summed E-state index contributed by atoms with van der Waals surface area (Å²) in [5, 5.41) is 3.03. The van der Waals surface area contributed by atoms with E-state index in [1.807, 2.05) is 13.0 Å². The van der Waals surface area contributed by atoms with Gasteiger partial charge >= 0.3 is 0 Å². The number of carbonyl (C=O) groups excluding carboxylic acids is 1. The van der Waals surface area contributed by atoms with Crippen molar-refractivity contribution in [2.24, 2.45) is 0 Å². The fourth-order valence-electron chi connectivity index (χ4n) is 3.83. The van der Waals surface area contributed by atoms with Crippen LogP contribution in [0.15, 0.2) is 36.5 Å². The number of aromatic nitrogens is 1. The van der Waals surface area contributed by atoms with Gasteiger partial charge < -0.3 is 14.8 Å². The topological polar surface area (TPSA) is 60.5 Å². The third-order valence-corrected chi connectivity index (χ3v) is 5.35. The number of ether oxygens (including phenoxy) is 2. The molecule has 1 aliphatic carbocycles. The molecule has 1 aromatic carbocycles.